The Morgan fingerprint density at radius 3 is 2.43 bits per heavy atom. The van der Waals surface area contributed by atoms with Crippen LogP contribution in [-0.4, -0.2) is 66.4 Å². The summed E-state index contributed by atoms with van der Waals surface area (Å²) >= 11 is 1.85. The third-order valence-electron chi connectivity index (χ3n) is 5.45. The number of unbranched alkanes of at least 4 members (excludes halogenated alkanes) is 2. The second kappa shape index (κ2) is 10.4. The summed E-state index contributed by atoms with van der Waals surface area (Å²) in [7, 11) is 2.16. The molecule has 7 heteroatoms. The third-order valence-corrected chi connectivity index (χ3v) is 6.64. The molecule has 0 amide bonds. The number of aryl methyl sites for hydroxylation is 2. The second-order valence-electron chi connectivity index (χ2n) is 7.70. The molecule has 2 aromatic heterocycles. The molecule has 1 aliphatic heterocycles. The van der Waals surface area contributed by atoms with Gasteiger partial charge in [-0.2, -0.15) is 4.98 Å². The Kier molecular flexibility index (Phi) is 7.88. The van der Waals surface area contributed by atoms with Gasteiger partial charge in [0, 0.05) is 37.6 Å². The maximum absolute atomic E-state index is 9.36. The van der Waals surface area contributed by atoms with Gasteiger partial charge < -0.3 is 20.2 Å². The van der Waals surface area contributed by atoms with Crippen molar-refractivity contribution < 1.29 is 5.11 Å². The third kappa shape index (κ3) is 4.93. The fourth-order valence-electron chi connectivity index (χ4n) is 3.70. The lowest BCUT2D eigenvalue weighted by atomic mass is 10.0. The molecule has 1 fully saturated rings. The lowest BCUT2D eigenvalue weighted by molar-refractivity contribution is 0.310. The summed E-state index contributed by atoms with van der Waals surface area (Å²) in [5.74, 6) is 1.73. The number of piperazine rings is 1. The molecular formula is C21H35N5OS. The number of anilines is 2. The molecule has 0 atom stereocenters. The lowest BCUT2D eigenvalue weighted by Gasteiger charge is -2.32. The summed E-state index contributed by atoms with van der Waals surface area (Å²) in [6, 6.07) is 0. The second-order valence-corrected chi connectivity index (χ2v) is 8.79. The van der Waals surface area contributed by atoms with Gasteiger partial charge in [-0.1, -0.05) is 26.7 Å². The summed E-state index contributed by atoms with van der Waals surface area (Å²) in [6.45, 7) is 9.10. The smallest absolute Gasteiger partial charge is 0.228 e. The number of thiophene rings is 1. The summed E-state index contributed by atoms with van der Waals surface area (Å²) in [6.07, 6.45) is 6.99. The Morgan fingerprint density at radius 2 is 1.75 bits per heavy atom. The first-order valence-electron chi connectivity index (χ1n) is 10.8. The minimum absolute atomic E-state index is 0.104. The van der Waals surface area contributed by atoms with Crippen LogP contribution in [0, 0.1) is 0 Å². The number of hydrogen-bond donors (Lipinski definition) is 2. The first-order valence-corrected chi connectivity index (χ1v) is 11.6. The number of likely N-dealkylation sites (N-methyl/N-ethyl adjacent to an activating group) is 1. The lowest BCUT2D eigenvalue weighted by Crippen LogP contribution is -2.45. The zero-order valence-corrected chi connectivity index (χ0v) is 18.4. The minimum Gasteiger partial charge on any atom is -0.395 e. The average Bonchev–Trinajstić information content (AvgIpc) is 3.06. The van der Waals surface area contributed by atoms with Crippen molar-refractivity contribution in [1.29, 1.82) is 0 Å². The molecule has 0 aromatic carbocycles. The highest BCUT2D eigenvalue weighted by molar-refractivity contribution is 7.19. The van der Waals surface area contributed by atoms with Gasteiger partial charge in [0.1, 0.15) is 10.6 Å². The van der Waals surface area contributed by atoms with E-state index in [2.05, 4.69) is 36.0 Å². The van der Waals surface area contributed by atoms with Crippen molar-refractivity contribution >= 4 is 33.3 Å². The van der Waals surface area contributed by atoms with Crippen LogP contribution in [-0.2, 0) is 12.8 Å². The van der Waals surface area contributed by atoms with Crippen molar-refractivity contribution in [3.8, 4) is 0 Å². The van der Waals surface area contributed by atoms with Crippen LogP contribution in [0.25, 0.3) is 10.2 Å². The normalized spacial score (nSPS) is 15.5. The van der Waals surface area contributed by atoms with Crippen LogP contribution in [0.1, 0.15) is 50.0 Å². The van der Waals surface area contributed by atoms with E-state index < -0.39 is 0 Å². The zero-order chi connectivity index (χ0) is 19.9. The van der Waals surface area contributed by atoms with Crippen molar-refractivity contribution in [2.24, 2.45) is 0 Å². The molecule has 0 radical (unpaired) electrons. The van der Waals surface area contributed by atoms with Crippen molar-refractivity contribution in [3.63, 3.8) is 0 Å². The summed E-state index contributed by atoms with van der Waals surface area (Å²) in [5.41, 5.74) is 1.43. The molecule has 28 heavy (non-hydrogen) atoms. The van der Waals surface area contributed by atoms with E-state index >= 15 is 0 Å². The minimum atomic E-state index is 0.104. The van der Waals surface area contributed by atoms with Gasteiger partial charge in [0.2, 0.25) is 5.95 Å². The number of nitrogens with zero attached hydrogens (tertiary/aromatic N) is 4. The SMILES string of the molecule is CCCCc1sc2nc(N3CCN(C)CC3)nc(NCCO)c2c1CCCC. The molecule has 3 heterocycles. The molecule has 0 aliphatic carbocycles. The predicted molar refractivity (Wildman–Crippen MR) is 120 cm³/mol. The molecule has 1 aliphatic rings. The largest absolute Gasteiger partial charge is 0.395 e. The number of aromatic nitrogens is 2. The summed E-state index contributed by atoms with van der Waals surface area (Å²) < 4.78 is 0. The number of aliphatic hydroxyl groups is 1. The van der Waals surface area contributed by atoms with Crippen LogP contribution in [0.15, 0.2) is 0 Å². The van der Waals surface area contributed by atoms with E-state index in [-0.39, 0.29) is 6.61 Å². The highest BCUT2D eigenvalue weighted by Gasteiger charge is 2.22. The molecule has 3 rings (SSSR count). The Bertz CT molecular complexity index is 755. The monoisotopic (exact) mass is 405 g/mol. The Labute approximate surface area is 173 Å². The molecule has 0 saturated carbocycles. The van der Waals surface area contributed by atoms with E-state index in [0.29, 0.717) is 6.54 Å². The van der Waals surface area contributed by atoms with E-state index in [0.717, 1.165) is 55.6 Å². The summed E-state index contributed by atoms with van der Waals surface area (Å²) in [5, 5.41) is 13.9. The van der Waals surface area contributed by atoms with Crippen LogP contribution in [0.5, 0.6) is 0 Å². The van der Waals surface area contributed by atoms with Gasteiger partial charge in [0.25, 0.3) is 0 Å². The molecular weight excluding hydrogens is 370 g/mol. The van der Waals surface area contributed by atoms with E-state index in [1.54, 1.807) is 0 Å². The molecule has 6 nitrogen and oxygen atoms in total. The summed E-state index contributed by atoms with van der Waals surface area (Å²) in [4.78, 5) is 17.1. The van der Waals surface area contributed by atoms with E-state index in [4.69, 9.17) is 9.97 Å². The molecule has 1 saturated heterocycles. The van der Waals surface area contributed by atoms with E-state index in [9.17, 15) is 5.11 Å². The number of nitrogens with one attached hydrogen (secondary N) is 1. The zero-order valence-electron chi connectivity index (χ0n) is 17.6. The maximum atomic E-state index is 9.36. The molecule has 0 bridgehead atoms. The molecule has 0 spiro atoms. The highest BCUT2D eigenvalue weighted by Crippen LogP contribution is 2.37. The Morgan fingerprint density at radius 1 is 1.04 bits per heavy atom. The van der Waals surface area contributed by atoms with Crippen LogP contribution < -0.4 is 10.2 Å². The molecule has 156 valence electrons. The first-order chi connectivity index (χ1) is 13.7. The maximum Gasteiger partial charge on any atom is 0.228 e. The van der Waals surface area contributed by atoms with Crippen LogP contribution in [0.2, 0.25) is 0 Å². The van der Waals surface area contributed by atoms with Gasteiger partial charge in [-0.15, -0.1) is 11.3 Å². The van der Waals surface area contributed by atoms with Gasteiger partial charge in [-0.05, 0) is 38.3 Å². The van der Waals surface area contributed by atoms with E-state index in [1.165, 1.54) is 41.5 Å². The Balaban J connectivity index is 2.03. The number of hydrogen-bond acceptors (Lipinski definition) is 7. The standard InChI is InChI=1S/C21H35N5OS/c1-4-6-8-16-17(9-7-5-2)28-20-18(16)19(22-10-15-27)23-21(24-20)26-13-11-25(3)12-14-26/h27H,4-15H2,1-3H3,(H,22,23,24). The van der Waals surface area contributed by atoms with Crippen LogP contribution in [0.3, 0.4) is 0 Å². The van der Waals surface area contributed by atoms with Crippen molar-refractivity contribution in [2.45, 2.75) is 52.4 Å². The quantitative estimate of drug-likeness (QED) is 0.630. The van der Waals surface area contributed by atoms with Crippen molar-refractivity contribution in [2.75, 3.05) is 56.6 Å². The van der Waals surface area contributed by atoms with Gasteiger partial charge in [0.15, 0.2) is 0 Å². The predicted octanol–water partition coefficient (Wildman–Crippen LogP) is 3.53. The molecule has 2 N–H and O–H groups in total. The van der Waals surface area contributed by atoms with Crippen LogP contribution >= 0.6 is 11.3 Å². The highest BCUT2D eigenvalue weighted by atomic mass is 32.1. The first kappa shape index (κ1) is 21.3. The number of aliphatic hydroxyl groups excluding tert-OH is 1. The number of rotatable bonds is 10. The van der Waals surface area contributed by atoms with Gasteiger partial charge >= 0.3 is 0 Å². The fourth-order valence-corrected chi connectivity index (χ4v) is 4.96. The van der Waals surface area contributed by atoms with Crippen molar-refractivity contribution in [1.82, 2.24) is 14.9 Å². The fraction of sp³-hybridized carbons (Fsp3) is 0.714. The van der Waals surface area contributed by atoms with Gasteiger partial charge in [0.05, 0.1) is 12.0 Å². The Hall–Kier alpha value is -1.44. The number of fused-ring (bicyclic) bond motifs is 1. The average molecular weight is 406 g/mol. The topological polar surface area (TPSA) is 64.5 Å². The molecule has 2 aromatic rings. The van der Waals surface area contributed by atoms with Gasteiger partial charge in [-0.25, -0.2) is 4.98 Å². The van der Waals surface area contributed by atoms with Crippen LogP contribution in [0.4, 0.5) is 11.8 Å². The van der Waals surface area contributed by atoms with Crippen molar-refractivity contribution in [3.05, 3.63) is 10.4 Å². The van der Waals surface area contributed by atoms with E-state index in [1.807, 2.05) is 11.3 Å². The van der Waals surface area contributed by atoms with Gasteiger partial charge in [-0.3, -0.25) is 0 Å². The molecule has 0 unspecified atom stereocenters.